The second kappa shape index (κ2) is 3.30. The Balaban J connectivity index is 3.01. The molecular formula is C9H12NO+. The van der Waals surface area contributed by atoms with Gasteiger partial charge in [0, 0.05) is 0 Å². The Labute approximate surface area is 66.0 Å². The zero-order valence-corrected chi connectivity index (χ0v) is 6.63. The van der Waals surface area contributed by atoms with Crippen molar-refractivity contribution in [1.82, 2.24) is 0 Å². The molecule has 0 atom stereocenters. The van der Waals surface area contributed by atoms with E-state index in [1.807, 2.05) is 18.2 Å². The Morgan fingerprint density at radius 1 is 1.55 bits per heavy atom. The van der Waals surface area contributed by atoms with Crippen LogP contribution < -0.4 is 5.73 Å². The molecule has 0 aliphatic rings. The van der Waals surface area contributed by atoms with Crippen LogP contribution in [0.2, 0.25) is 0 Å². The van der Waals surface area contributed by atoms with Gasteiger partial charge in [-0.2, -0.15) is 0 Å². The molecule has 0 heterocycles. The highest BCUT2D eigenvalue weighted by Gasteiger charge is 2.02. The standard InChI is InChI=1S/C9H11NO/c1-2-7-4-3-5-8(6-7)9(10)11/h3-6H,2H2,1H3,(H2,10,11)/p+1. The first-order valence-corrected chi connectivity index (χ1v) is 3.69. The van der Waals surface area contributed by atoms with E-state index < -0.39 is 0 Å². The van der Waals surface area contributed by atoms with Gasteiger partial charge in [-0.25, -0.2) is 4.79 Å². The molecule has 0 aliphatic heterocycles. The van der Waals surface area contributed by atoms with E-state index in [1.165, 1.54) is 5.56 Å². The summed E-state index contributed by atoms with van der Waals surface area (Å²) >= 11 is 0. The third-order valence-electron chi connectivity index (χ3n) is 1.66. The zero-order chi connectivity index (χ0) is 8.27. The van der Waals surface area contributed by atoms with Crippen molar-refractivity contribution < 1.29 is 10.5 Å². The summed E-state index contributed by atoms with van der Waals surface area (Å²) in [6.45, 7) is 2.06. The molecule has 2 heteroatoms. The Morgan fingerprint density at radius 3 is 2.82 bits per heavy atom. The van der Waals surface area contributed by atoms with E-state index in [1.54, 1.807) is 6.07 Å². The van der Waals surface area contributed by atoms with E-state index in [9.17, 15) is 4.79 Å². The van der Waals surface area contributed by atoms with E-state index in [-0.39, 0.29) is 5.91 Å². The second-order valence-electron chi connectivity index (χ2n) is 2.48. The van der Waals surface area contributed by atoms with Crippen LogP contribution in [0.3, 0.4) is 0 Å². The van der Waals surface area contributed by atoms with Gasteiger partial charge in [0.1, 0.15) is 0 Å². The van der Waals surface area contributed by atoms with Crippen LogP contribution in [0.5, 0.6) is 0 Å². The van der Waals surface area contributed by atoms with Crippen molar-refractivity contribution in [2.75, 3.05) is 0 Å². The highest BCUT2D eigenvalue weighted by atomic mass is 16.1. The van der Waals surface area contributed by atoms with Crippen molar-refractivity contribution in [2.24, 2.45) is 0 Å². The maximum absolute atomic E-state index is 10.8. The Kier molecular flexibility index (Phi) is 2.39. The summed E-state index contributed by atoms with van der Waals surface area (Å²) < 4.78 is 0. The minimum Gasteiger partial charge on any atom is -0.290 e. The van der Waals surface area contributed by atoms with Crippen molar-refractivity contribution >= 4 is 5.91 Å². The van der Waals surface area contributed by atoms with Crippen LogP contribution >= 0.6 is 0 Å². The average molecular weight is 150 g/mol. The molecule has 0 bridgehead atoms. The smallest absolute Gasteiger partial charge is 0.290 e. The Hall–Kier alpha value is -1.15. The molecule has 1 aromatic rings. The molecule has 0 spiro atoms. The highest BCUT2D eigenvalue weighted by molar-refractivity contribution is 5.85. The third kappa shape index (κ3) is 1.88. The van der Waals surface area contributed by atoms with Crippen LogP contribution in [0.25, 0.3) is 0 Å². The lowest BCUT2D eigenvalue weighted by atomic mass is 10.1. The summed E-state index contributed by atoms with van der Waals surface area (Å²) in [5.41, 5.74) is 5.22. The van der Waals surface area contributed by atoms with Crippen molar-refractivity contribution in [3.8, 4) is 0 Å². The number of quaternary nitrogens is 1. The molecule has 3 N–H and O–H groups in total. The zero-order valence-electron chi connectivity index (χ0n) is 6.63. The van der Waals surface area contributed by atoms with E-state index in [2.05, 4.69) is 12.7 Å². The minimum absolute atomic E-state index is 0.111. The predicted octanol–water partition coefficient (Wildman–Crippen LogP) is 0.631. The highest BCUT2D eigenvalue weighted by Crippen LogP contribution is 2.03. The maximum Gasteiger partial charge on any atom is 0.340 e. The Morgan fingerprint density at radius 2 is 2.27 bits per heavy atom. The van der Waals surface area contributed by atoms with Gasteiger partial charge >= 0.3 is 5.91 Å². The first-order chi connectivity index (χ1) is 5.24. The molecule has 0 fully saturated rings. The van der Waals surface area contributed by atoms with Crippen LogP contribution in [0.4, 0.5) is 0 Å². The van der Waals surface area contributed by atoms with Crippen LogP contribution in [-0.4, -0.2) is 5.91 Å². The lowest BCUT2D eigenvalue weighted by Gasteiger charge is -1.95. The van der Waals surface area contributed by atoms with Gasteiger partial charge in [-0.3, -0.25) is 5.73 Å². The van der Waals surface area contributed by atoms with Crippen molar-refractivity contribution in [3.63, 3.8) is 0 Å². The Bertz CT molecular complexity index is 268. The number of carbonyl (C=O) groups excluding carboxylic acids is 1. The molecular weight excluding hydrogens is 138 g/mol. The molecule has 1 aromatic carbocycles. The largest absolute Gasteiger partial charge is 0.340 e. The second-order valence-corrected chi connectivity index (χ2v) is 2.48. The number of hydrogen-bond donors (Lipinski definition) is 1. The summed E-state index contributed by atoms with van der Waals surface area (Å²) in [6, 6.07) is 7.56. The summed E-state index contributed by atoms with van der Waals surface area (Å²) in [7, 11) is 0. The summed E-state index contributed by atoms with van der Waals surface area (Å²) in [5, 5.41) is 0. The molecule has 2 nitrogen and oxygen atoms in total. The number of rotatable bonds is 2. The lowest BCUT2D eigenvalue weighted by Crippen LogP contribution is -2.56. The molecule has 1 rings (SSSR count). The van der Waals surface area contributed by atoms with Gasteiger partial charge in [0.15, 0.2) is 0 Å². The maximum atomic E-state index is 10.8. The normalized spacial score (nSPS) is 9.64. The summed E-state index contributed by atoms with van der Waals surface area (Å²) in [4.78, 5) is 10.8. The fourth-order valence-corrected chi connectivity index (χ4v) is 0.965. The van der Waals surface area contributed by atoms with Gasteiger partial charge in [-0.15, -0.1) is 0 Å². The quantitative estimate of drug-likeness (QED) is 0.660. The first kappa shape index (κ1) is 7.95. The molecule has 58 valence electrons. The molecule has 0 aliphatic carbocycles. The number of aryl methyl sites for hydroxylation is 1. The molecule has 0 radical (unpaired) electrons. The SMILES string of the molecule is CCc1cccc(C([NH3+])=O)c1. The molecule has 0 aromatic heterocycles. The van der Waals surface area contributed by atoms with Crippen LogP contribution in [-0.2, 0) is 6.42 Å². The number of amides is 1. The third-order valence-corrected chi connectivity index (χ3v) is 1.66. The van der Waals surface area contributed by atoms with E-state index >= 15 is 0 Å². The molecule has 0 saturated carbocycles. The number of benzene rings is 1. The van der Waals surface area contributed by atoms with Crippen molar-refractivity contribution in [3.05, 3.63) is 35.4 Å². The molecule has 11 heavy (non-hydrogen) atoms. The molecule has 1 amide bonds. The van der Waals surface area contributed by atoms with Crippen molar-refractivity contribution in [2.45, 2.75) is 13.3 Å². The van der Waals surface area contributed by atoms with Gasteiger partial charge in [0.25, 0.3) is 0 Å². The van der Waals surface area contributed by atoms with Gasteiger partial charge in [-0.05, 0) is 24.1 Å². The number of carbonyl (C=O) groups is 1. The first-order valence-electron chi connectivity index (χ1n) is 3.69. The van der Waals surface area contributed by atoms with E-state index in [0.717, 1.165) is 6.42 Å². The van der Waals surface area contributed by atoms with Crippen LogP contribution in [0.15, 0.2) is 24.3 Å². The van der Waals surface area contributed by atoms with Crippen LogP contribution in [0, 0.1) is 0 Å². The lowest BCUT2D eigenvalue weighted by molar-refractivity contribution is -0.255. The minimum atomic E-state index is -0.111. The van der Waals surface area contributed by atoms with E-state index in [0.29, 0.717) is 5.56 Å². The fourth-order valence-electron chi connectivity index (χ4n) is 0.965. The van der Waals surface area contributed by atoms with Gasteiger partial charge in [0.2, 0.25) is 0 Å². The monoisotopic (exact) mass is 150 g/mol. The van der Waals surface area contributed by atoms with Gasteiger partial charge < -0.3 is 0 Å². The van der Waals surface area contributed by atoms with E-state index in [4.69, 9.17) is 0 Å². The van der Waals surface area contributed by atoms with Gasteiger partial charge in [0.05, 0.1) is 5.56 Å². The fraction of sp³-hybridized carbons (Fsp3) is 0.222. The number of hydrogen-bond acceptors (Lipinski definition) is 1. The van der Waals surface area contributed by atoms with Crippen LogP contribution in [0.1, 0.15) is 22.8 Å². The summed E-state index contributed by atoms with van der Waals surface area (Å²) in [5.74, 6) is -0.111. The topological polar surface area (TPSA) is 44.7 Å². The van der Waals surface area contributed by atoms with Gasteiger partial charge in [-0.1, -0.05) is 19.1 Å². The van der Waals surface area contributed by atoms with Crippen molar-refractivity contribution in [1.29, 1.82) is 0 Å². The predicted molar refractivity (Wildman–Crippen MR) is 43.0 cm³/mol. The molecule has 0 saturated heterocycles. The average Bonchev–Trinajstić information content (AvgIpc) is 2.05. The molecule has 0 unspecified atom stereocenters. The summed E-state index contributed by atoms with van der Waals surface area (Å²) in [6.07, 6.45) is 0.959.